The van der Waals surface area contributed by atoms with Crippen LogP contribution in [0.2, 0.25) is 0 Å². The maximum Gasteiger partial charge on any atom is 0.192 e. The molecule has 4 nitrogen and oxygen atoms in total. The molecule has 0 saturated heterocycles. The molecule has 96 valence electrons. The molecule has 0 atom stereocenters. The molecule has 0 amide bonds. The predicted octanol–water partition coefficient (Wildman–Crippen LogP) is 2.34. The van der Waals surface area contributed by atoms with Crippen LogP contribution in [-0.4, -0.2) is 20.7 Å². The summed E-state index contributed by atoms with van der Waals surface area (Å²) in [7, 11) is 1.86. The number of benzene rings is 1. The van der Waals surface area contributed by atoms with Crippen LogP contribution in [0.15, 0.2) is 36.0 Å². The first-order valence-corrected chi connectivity index (χ1v) is 6.20. The minimum absolute atomic E-state index is 0.0578. The lowest BCUT2D eigenvalue weighted by molar-refractivity contribution is 0.102. The Morgan fingerprint density at radius 3 is 2.74 bits per heavy atom. The van der Waals surface area contributed by atoms with Gasteiger partial charge in [-0.3, -0.25) is 9.48 Å². The first kappa shape index (κ1) is 11.7. The van der Waals surface area contributed by atoms with Crippen LogP contribution in [0.4, 0.5) is 0 Å². The number of aromatic hydroxyl groups is 1. The number of hydrogen-bond acceptors (Lipinski definition) is 3. The minimum atomic E-state index is 0.0578. The highest BCUT2D eigenvalue weighted by Crippen LogP contribution is 2.26. The lowest BCUT2D eigenvalue weighted by atomic mass is 9.90. The number of fused-ring (bicyclic) bond motifs is 1. The first-order valence-electron chi connectivity index (χ1n) is 6.20. The Morgan fingerprint density at radius 2 is 2.00 bits per heavy atom. The number of rotatable bonds is 1. The summed E-state index contributed by atoms with van der Waals surface area (Å²) in [4.78, 5) is 12.3. The van der Waals surface area contributed by atoms with E-state index in [-0.39, 0.29) is 11.5 Å². The molecule has 1 aromatic heterocycles. The van der Waals surface area contributed by atoms with Gasteiger partial charge in [0.1, 0.15) is 5.75 Å². The van der Waals surface area contributed by atoms with E-state index in [0.29, 0.717) is 5.56 Å². The Hall–Kier alpha value is -2.36. The van der Waals surface area contributed by atoms with Gasteiger partial charge in [0.05, 0.1) is 11.8 Å². The molecule has 1 N–H and O–H groups in total. The lowest BCUT2D eigenvalue weighted by Crippen LogP contribution is -2.14. The smallest absolute Gasteiger partial charge is 0.192 e. The molecule has 4 heteroatoms. The number of aryl methyl sites for hydroxylation is 1. The van der Waals surface area contributed by atoms with Gasteiger partial charge in [-0.15, -0.1) is 0 Å². The topological polar surface area (TPSA) is 55.1 Å². The van der Waals surface area contributed by atoms with Crippen molar-refractivity contribution in [3.8, 4) is 5.75 Å². The van der Waals surface area contributed by atoms with Gasteiger partial charge in [-0.05, 0) is 36.6 Å². The van der Waals surface area contributed by atoms with Crippen molar-refractivity contribution in [3.63, 3.8) is 0 Å². The first-order chi connectivity index (χ1) is 9.15. The monoisotopic (exact) mass is 254 g/mol. The molecule has 1 aliphatic carbocycles. The van der Waals surface area contributed by atoms with Crippen LogP contribution < -0.4 is 0 Å². The molecule has 0 bridgehead atoms. The Kier molecular flexibility index (Phi) is 2.71. The maximum atomic E-state index is 12.3. The number of aromatic nitrogens is 2. The number of phenols is 1. The average Bonchev–Trinajstić information content (AvgIpc) is 2.78. The summed E-state index contributed by atoms with van der Waals surface area (Å²) in [5, 5.41) is 13.4. The zero-order valence-corrected chi connectivity index (χ0v) is 10.6. The number of Topliss-reactive ketones (excluding diaryl/α,β-unsaturated/α-hetero) is 1. The molecule has 19 heavy (non-hydrogen) atoms. The number of carbonyl (C=O) groups is 1. The van der Waals surface area contributed by atoms with E-state index in [9.17, 15) is 9.90 Å². The second kappa shape index (κ2) is 4.39. The maximum absolute atomic E-state index is 12.3. The normalized spacial score (nSPS) is 16.7. The molecule has 0 fully saturated rings. The number of hydrogen-bond donors (Lipinski definition) is 1. The number of nitrogens with zero attached hydrogens (tertiary/aromatic N) is 2. The molecular weight excluding hydrogens is 240 g/mol. The summed E-state index contributed by atoms with van der Waals surface area (Å²) in [6, 6.07) is 6.84. The third-order valence-corrected chi connectivity index (χ3v) is 3.46. The fraction of sp³-hybridized carbons (Fsp3) is 0.200. The van der Waals surface area contributed by atoms with Crippen molar-refractivity contribution >= 4 is 11.9 Å². The second-order valence-electron chi connectivity index (χ2n) is 4.72. The van der Waals surface area contributed by atoms with E-state index in [1.807, 2.05) is 13.1 Å². The standard InChI is InChI=1S/C15H14N2O2/c1-17-14-7-4-11(15(19)13(14)9-16-17)8-10-2-5-12(18)6-3-10/h2-3,5-6,8-9,18H,4,7H2,1H3/b11-8-. The fourth-order valence-corrected chi connectivity index (χ4v) is 2.40. The van der Waals surface area contributed by atoms with E-state index >= 15 is 0 Å². The number of carbonyl (C=O) groups excluding carboxylic acids is 1. The van der Waals surface area contributed by atoms with Gasteiger partial charge in [-0.1, -0.05) is 12.1 Å². The summed E-state index contributed by atoms with van der Waals surface area (Å²) in [5.74, 6) is 0.286. The molecule has 0 saturated carbocycles. The Balaban J connectivity index is 1.95. The van der Waals surface area contributed by atoms with E-state index in [1.165, 1.54) is 0 Å². The summed E-state index contributed by atoms with van der Waals surface area (Å²) in [5.41, 5.74) is 3.44. The van der Waals surface area contributed by atoms with Crippen LogP contribution in [0.5, 0.6) is 5.75 Å². The van der Waals surface area contributed by atoms with Gasteiger partial charge in [0.15, 0.2) is 5.78 Å². The van der Waals surface area contributed by atoms with Crippen LogP contribution in [-0.2, 0) is 13.5 Å². The van der Waals surface area contributed by atoms with Gasteiger partial charge in [0.25, 0.3) is 0 Å². The number of phenolic OH excluding ortho intramolecular Hbond substituents is 1. The zero-order valence-electron chi connectivity index (χ0n) is 10.6. The molecule has 0 spiro atoms. The highest BCUT2D eigenvalue weighted by molar-refractivity contribution is 6.12. The van der Waals surface area contributed by atoms with Crippen LogP contribution >= 0.6 is 0 Å². The van der Waals surface area contributed by atoms with Crippen molar-refractivity contribution in [3.05, 3.63) is 52.9 Å². The van der Waals surface area contributed by atoms with E-state index in [4.69, 9.17) is 0 Å². The molecule has 1 aliphatic rings. The van der Waals surface area contributed by atoms with Crippen molar-refractivity contribution in [1.82, 2.24) is 9.78 Å². The van der Waals surface area contributed by atoms with E-state index < -0.39 is 0 Å². The van der Waals surface area contributed by atoms with Crippen LogP contribution in [0.1, 0.15) is 28.0 Å². The molecule has 3 rings (SSSR count). The van der Waals surface area contributed by atoms with Crippen LogP contribution in [0.25, 0.3) is 6.08 Å². The Morgan fingerprint density at radius 1 is 1.26 bits per heavy atom. The van der Waals surface area contributed by atoms with Crippen molar-refractivity contribution in [2.75, 3.05) is 0 Å². The molecular formula is C15H14N2O2. The SMILES string of the molecule is Cn1ncc2c1CC/C(=C/c1ccc(O)cc1)C2=O. The summed E-state index contributed by atoms with van der Waals surface area (Å²) < 4.78 is 1.77. The molecule has 1 aromatic carbocycles. The van der Waals surface area contributed by atoms with Gasteiger partial charge in [0, 0.05) is 18.3 Å². The van der Waals surface area contributed by atoms with Crippen molar-refractivity contribution in [2.45, 2.75) is 12.8 Å². The molecule has 2 aromatic rings. The number of ketones is 1. The minimum Gasteiger partial charge on any atom is -0.508 e. The fourth-order valence-electron chi connectivity index (χ4n) is 2.40. The predicted molar refractivity (Wildman–Crippen MR) is 71.9 cm³/mol. The molecule has 0 radical (unpaired) electrons. The van der Waals surface area contributed by atoms with Crippen molar-refractivity contribution in [2.24, 2.45) is 7.05 Å². The van der Waals surface area contributed by atoms with Gasteiger partial charge in [-0.25, -0.2) is 0 Å². The quantitative estimate of drug-likeness (QED) is 0.795. The van der Waals surface area contributed by atoms with Gasteiger partial charge >= 0.3 is 0 Å². The third-order valence-electron chi connectivity index (χ3n) is 3.46. The second-order valence-corrected chi connectivity index (χ2v) is 4.72. The van der Waals surface area contributed by atoms with E-state index in [0.717, 1.165) is 29.7 Å². The Bertz CT molecular complexity index is 666. The largest absolute Gasteiger partial charge is 0.508 e. The average molecular weight is 254 g/mol. The third kappa shape index (κ3) is 2.05. The van der Waals surface area contributed by atoms with E-state index in [1.54, 1.807) is 35.1 Å². The van der Waals surface area contributed by atoms with Crippen LogP contribution in [0, 0.1) is 0 Å². The van der Waals surface area contributed by atoms with E-state index in [2.05, 4.69) is 5.10 Å². The summed E-state index contributed by atoms with van der Waals surface area (Å²) in [6.07, 6.45) is 5.09. The summed E-state index contributed by atoms with van der Waals surface area (Å²) in [6.45, 7) is 0. The highest BCUT2D eigenvalue weighted by Gasteiger charge is 2.24. The Labute approximate surface area is 111 Å². The van der Waals surface area contributed by atoms with Crippen molar-refractivity contribution < 1.29 is 9.90 Å². The van der Waals surface area contributed by atoms with Crippen molar-refractivity contribution in [1.29, 1.82) is 0 Å². The lowest BCUT2D eigenvalue weighted by Gasteiger charge is -2.14. The summed E-state index contributed by atoms with van der Waals surface area (Å²) >= 11 is 0. The van der Waals surface area contributed by atoms with Crippen LogP contribution in [0.3, 0.4) is 0 Å². The van der Waals surface area contributed by atoms with Gasteiger partial charge in [0.2, 0.25) is 0 Å². The highest BCUT2D eigenvalue weighted by atomic mass is 16.3. The number of allylic oxidation sites excluding steroid dienone is 1. The van der Waals surface area contributed by atoms with Gasteiger partial charge < -0.3 is 5.11 Å². The zero-order chi connectivity index (χ0) is 13.4. The molecule has 1 heterocycles. The molecule has 0 unspecified atom stereocenters. The molecule has 0 aliphatic heterocycles. The van der Waals surface area contributed by atoms with Gasteiger partial charge in [-0.2, -0.15) is 5.10 Å².